The lowest BCUT2D eigenvalue weighted by atomic mass is 10.1. The van der Waals surface area contributed by atoms with Gasteiger partial charge in [0.15, 0.2) is 0 Å². The third-order valence-electron chi connectivity index (χ3n) is 2.81. The summed E-state index contributed by atoms with van der Waals surface area (Å²) >= 11 is 3.36. The van der Waals surface area contributed by atoms with Crippen molar-refractivity contribution in [1.29, 1.82) is 0 Å². The highest BCUT2D eigenvalue weighted by atomic mass is 79.9. The predicted molar refractivity (Wildman–Crippen MR) is 68.1 cm³/mol. The molecule has 1 aliphatic rings. The summed E-state index contributed by atoms with van der Waals surface area (Å²) in [5.74, 6) is 0. The number of aliphatic hydroxyl groups excluding tert-OH is 1. The lowest BCUT2D eigenvalue weighted by Gasteiger charge is -2.34. The molecule has 1 fully saturated rings. The summed E-state index contributed by atoms with van der Waals surface area (Å²) in [5, 5.41) is 9.03. The van der Waals surface area contributed by atoms with E-state index in [0.29, 0.717) is 13.0 Å². The Morgan fingerprint density at radius 1 is 1.41 bits per heavy atom. The number of ether oxygens (including phenoxy) is 1. The van der Waals surface area contributed by atoms with Crippen LogP contribution in [0.2, 0.25) is 0 Å². The molecule has 1 aromatic carbocycles. The molecule has 1 amide bonds. The van der Waals surface area contributed by atoms with Crippen molar-refractivity contribution in [2.45, 2.75) is 18.9 Å². The Morgan fingerprint density at radius 2 is 2.12 bits per heavy atom. The zero-order valence-corrected chi connectivity index (χ0v) is 10.9. The fraction of sp³-hybridized carbons (Fsp3) is 0.417. The first-order valence-electron chi connectivity index (χ1n) is 5.55. The summed E-state index contributed by atoms with van der Waals surface area (Å²) in [6, 6.07) is 7.50. The summed E-state index contributed by atoms with van der Waals surface area (Å²) in [6.07, 6.45) is 0.991. The van der Waals surface area contributed by atoms with E-state index in [9.17, 15) is 4.79 Å². The number of rotatable bonds is 3. The predicted octanol–water partition coefficient (Wildman–Crippen LogP) is 2.55. The number of hydrogen-bond acceptors (Lipinski definition) is 3. The molecule has 1 aromatic rings. The van der Waals surface area contributed by atoms with E-state index in [1.807, 2.05) is 24.3 Å². The summed E-state index contributed by atoms with van der Waals surface area (Å²) in [4.78, 5) is 13.4. The van der Waals surface area contributed by atoms with Crippen molar-refractivity contribution in [3.8, 4) is 0 Å². The Kier molecular flexibility index (Phi) is 4.02. The molecule has 1 heterocycles. The van der Waals surface area contributed by atoms with Crippen molar-refractivity contribution in [2.75, 3.05) is 18.1 Å². The van der Waals surface area contributed by atoms with Gasteiger partial charge in [-0.25, -0.2) is 4.79 Å². The van der Waals surface area contributed by atoms with Gasteiger partial charge in [-0.1, -0.05) is 15.9 Å². The minimum Gasteiger partial charge on any atom is -0.449 e. The lowest BCUT2D eigenvalue weighted by molar-refractivity contribution is 0.124. The average molecular weight is 300 g/mol. The van der Waals surface area contributed by atoms with Crippen molar-refractivity contribution >= 4 is 27.7 Å². The van der Waals surface area contributed by atoms with Crippen LogP contribution in [0.15, 0.2) is 28.7 Å². The second-order valence-corrected chi connectivity index (χ2v) is 4.83. The lowest BCUT2D eigenvalue weighted by Crippen LogP contribution is -2.46. The largest absolute Gasteiger partial charge is 0.449 e. The quantitative estimate of drug-likeness (QED) is 0.933. The molecule has 0 spiro atoms. The SMILES string of the molecule is O=C1OCCC(CCO)N1c1ccc(Br)cc1. The van der Waals surface area contributed by atoms with E-state index in [2.05, 4.69) is 15.9 Å². The highest BCUT2D eigenvalue weighted by Gasteiger charge is 2.30. The van der Waals surface area contributed by atoms with Gasteiger partial charge >= 0.3 is 6.09 Å². The van der Waals surface area contributed by atoms with E-state index in [0.717, 1.165) is 16.6 Å². The van der Waals surface area contributed by atoms with Crippen molar-refractivity contribution in [1.82, 2.24) is 0 Å². The molecule has 1 aliphatic heterocycles. The molecule has 0 radical (unpaired) electrons. The van der Waals surface area contributed by atoms with Gasteiger partial charge in [-0.05, 0) is 30.7 Å². The molecule has 17 heavy (non-hydrogen) atoms. The van der Waals surface area contributed by atoms with E-state index < -0.39 is 0 Å². The summed E-state index contributed by atoms with van der Waals surface area (Å²) in [5.41, 5.74) is 0.802. The Labute approximate surface area is 108 Å². The summed E-state index contributed by atoms with van der Waals surface area (Å²) < 4.78 is 6.01. The first kappa shape index (κ1) is 12.4. The number of cyclic esters (lactones) is 1. The van der Waals surface area contributed by atoms with Gasteiger partial charge in [-0.2, -0.15) is 0 Å². The number of carbonyl (C=O) groups is 1. The minimum absolute atomic E-state index is 0.0161. The maximum atomic E-state index is 11.8. The van der Waals surface area contributed by atoms with Gasteiger partial charge in [0.2, 0.25) is 0 Å². The number of hydrogen-bond donors (Lipinski definition) is 1. The highest BCUT2D eigenvalue weighted by molar-refractivity contribution is 9.10. The molecule has 0 saturated carbocycles. The normalized spacial score (nSPS) is 20.2. The van der Waals surface area contributed by atoms with Crippen LogP contribution < -0.4 is 4.90 Å². The fourth-order valence-corrected chi connectivity index (χ4v) is 2.23. The smallest absolute Gasteiger partial charge is 0.414 e. The molecule has 0 bridgehead atoms. The maximum Gasteiger partial charge on any atom is 0.414 e. The monoisotopic (exact) mass is 299 g/mol. The molecule has 1 saturated heterocycles. The van der Waals surface area contributed by atoms with Gasteiger partial charge in [0, 0.05) is 29.2 Å². The average Bonchev–Trinajstić information content (AvgIpc) is 2.32. The molecule has 1 unspecified atom stereocenters. The molecule has 1 N–H and O–H groups in total. The molecule has 0 aromatic heterocycles. The Bertz CT molecular complexity index is 391. The van der Waals surface area contributed by atoms with Crippen LogP contribution in [0.3, 0.4) is 0 Å². The molecule has 2 rings (SSSR count). The van der Waals surface area contributed by atoms with Gasteiger partial charge in [0.05, 0.1) is 6.61 Å². The zero-order chi connectivity index (χ0) is 12.3. The third-order valence-corrected chi connectivity index (χ3v) is 3.33. The molecule has 92 valence electrons. The van der Waals surface area contributed by atoms with Crippen LogP contribution in [-0.4, -0.2) is 30.5 Å². The van der Waals surface area contributed by atoms with Crippen LogP contribution in [0.4, 0.5) is 10.5 Å². The Hall–Kier alpha value is -1.07. The Balaban J connectivity index is 2.24. The van der Waals surface area contributed by atoms with Crippen LogP contribution >= 0.6 is 15.9 Å². The number of aliphatic hydroxyl groups is 1. The number of halogens is 1. The van der Waals surface area contributed by atoms with E-state index in [-0.39, 0.29) is 18.7 Å². The van der Waals surface area contributed by atoms with Gasteiger partial charge in [-0.15, -0.1) is 0 Å². The topological polar surface area (TPSA) is 49.8 Å². The van der Waals surface area contributed by atoms with E-state index in [1.165, 1.54) is 0 Å². The number of carbonyl (C=O) groups excluding carboxylic acids is 1. The van der Waals surface area contributed by atoms with Gasteiger partial charge in [-0.3, -0.25) is 4.90 Å². The molecule has 0 aliphatic carbocycles. The molecule has 5 heteroatoms. The van der Waals surface area contributed by atoms with Crippen molar-refractivity contribution in [2.24, 2.45) is 0 Å². The zero-order valence-electron chi connectivity index (χ0n) is 9.30. The molecule has 4 nitrogen and oxygen atoms in total. The minimum atomic E-state index is -0.336. The van der Waals surface area contributed by atoms with Crippen LogP contribution in [0.5, 0.6) is 0 Å². The van der Waals surface area contributed by atoms with E-state index >= 15 is 0 Å². The maximum absolute atomic E-state index is 11.8. The summed E-state index contributed by atoms with van der Waals surface area (Å²) in [7, 11) is 0. The molecular weight excluding hydrogens is 286 g/mol. The van der Waals surface area contributed by atoms with Gasteiger partial charge in [0.1, 0.15) is 0 Å². The van der Waals surface area contributed by atoms with Crippen LogP contribution in [0.1, 0.15) is 12.8 Å². The second-order valence-electron chi connectivity index (χ2n) is 3.92. The van der Waals surface area contributed by atoms with Crippen LogP contribution in [-0.2, 0) is 4.74 Å². The number of anilines is 1. The first-order chi connectivity index (χ1) is 8.22. The first-order valence-corrected chi connectivity index (χ1v) is 6.34. The Morgan fingerprint density at radius 3 is 2.76 bits per heavy atom. The van der Waals surface area contributed by atoms with Crippen molar-refractivity contribution < 1.29 is 14.6 Å². The summed E-state index contributed by atoms with van der Waals surface area (Å²) in [6.45, 7) is 0.501. The van der Waals surface area contributed by atoms with E-state index in [1.54, 1.807) is 4.90 Å². The van der Waals surface area contributed by atoms with E-state index in [4.69, 9.17) is 9.84 Å². The van der Waals surface area contributed by atoms with Crippen molar-refractivity contribution in [3.63, 3.8) is 0 Å². The fourth-order valence-electron chi connectivity index (χ4n) is 1.97. The number of nitrogens with zero attached hydrogens (tertiary/aromatic N) is 1. The second kappa shape index (κ2) is 5.51. The molecule has 1 atom stereocenters. The van der Waals surface area contributed by atoms with Gasteiger partial charge in [0.25, 0.3) is 0 Å². The van der Waals surface area contributed by atoms with Crippen molar-refractivity contribution in [3.05, 3.63) is 28.7 Å². The standard InChI is InChI=1S/C12H14BrNO3/c13-9-1-3-10(4-2-9)14-11(5-7-15)6-8-17-12(14)16/h1-4,11,15H,5-8H2. The number of amides is 1. The van der Waals surface area contributed by atoms with Crippen LogP contribution in [0, 0.1) is 0 Å². The highest BCUT2D eigenvalue weighted by Crippen LogP contribution is 2.26. The molecular formula is C12H14BrNO3. The number of benzene rings is 1. The van der Waals surface area contributed by atoms with Gasteiger partial charge < -0.3 is 9.84 Å². The third kappa shape index (κ3) is 2.79. The van der Waals surface area contributed by atoms with Crippen LogP contribution in [0.25, 0.3) is 0 Å².